The summed E-state index contributed by atoms with van der Waals surface area (Å²) in [6.07, 6.45) is 6.40. The largest absolute Gasteiger partial charge is 0.405 e. The molecule has 3 rings (SSSR count). The van der Waals surface area contributed by atoms with E-state index in [0.717, 1.165) is 17.6 Å². The van der Waals surface area contributed by atoms with Crippen molar-refractivity contribution in [3.05, 3.63) is 90.3 Å². The van der Waals surface area contributed by atoms with Gasteiger partial charge >= 0.3 is 0 Å². The van der Waals surface area contributed by atoms with E-state index in [1.165, 1.54) is 16.5 Å². The molecule has 0 aliphatic carbocycles. The van der Waals surface area contributed by atoms with Crippen LogP contribution >= 0.6 is 0 Å². The van der Waals surface area contributed by atoms with Gasteiger partial charge in [-0.15, -0.1) is 6.58 Å². The fraction of sp³-hybridized carbons (Fsp3) is 0.182. The number of benzene rings is 2. The van der Waals surface area contributed by atoms with Crippen molar-refractivity contribution in [3.8, 4) is 0 Å². The molecular weight excluding hydrogens is 306 g/mol. The highest BCUT2D eigenvalue weighted by Gasteiger charge is 2.02. The van der Waals surface area contributed by atoms with Gasteiger partial charge in [-0.25, -0.2) is 0 Å². The number of hydrogen-bond donors (Lipinski definition) is 3. The lowest BCUT2D eigenvalue weighted by molar-refractivity contribution is 1.07. The molecule has 0 aliphatic heterocycles. The van der Waals surface area contributed by atoms with Crippen LogP contribution in [-0.2, 0) is 6.54 Å². The van der Waals surface area contributed by atoms with E-state index in [0.29, 0.717) is 6.54 Å². The lowest BCUT2D eigenvalue weighted by Gasteiger charge is -1.90. The first-order valence-electron chi connectivity index (χ1n) is 8.48. The van der Waals surface area contributed by atoms with Crippen molar-refractivity contribution < 1.29 is 0 Å². The minimum Gasteiger partial charge on any atom is -0.405 e. The molecule has 0 unspecified atom stereocenters. The molecule has 2 aromatic carbocycles. The van der Waals surface area contributed by atoms with Crippen molar-refractivity contribution in [1.29, 1.82) is 0 Å². The van der Waals surface area contributed by atoms with Gasteiger partial charge < -0.3 is 16.5 Å². The van der Waals surface area contributed by atoms with Crippen LogP contribution in [0.2, 0.25) is 0 Å². The highest BCUT2D eigenvalue weighted by atomic mass is 14.7. The lowest BCUT2D eigenvalue weighted by atomic mass is 10.1. The number of aryl methyl sites for hydroxylation is 1. The molecule has 0 fully saturated rings. The van der Waals surface area contributed by atoms with Crippen molar-refractivity contribution in [2.75, 3.05) is 0 Å². The first kappa shape index (κ1) is 20.3. The maximum absolute atomic E-state index is 5.35. The normalized spacial score (nSPS) is 9.88. The molecule has 0 aliphatic rings. The quantitative estimate of drug-likeness (QED) is 0.581. The molecule has 3 aromatic rings. The summed E-state index contributed by atoms with van der Waals surface area (Å²) in [5.74, 6) is 0. The van der Waals surface area contributed by atoms with Crippen LogP contribution in [0, 0.1) is 6.92 Å². The second-order valence-electron chi connectivity index (χ2n) is 5.46. The zero-order valence-corrected chi connectivity index (χ0v) is 15.2. The Morgan fingerprint density at radius 3 is 2.12 bits per heavy atom. The van der Waals surface area contributed by atoms with Crippen LogP contribution in [0.25, 0.3) is 17.0 Å². The van der Waals surface area contributed by atoms with Crippen LogP contribution in [0.3, 0.4) is 0 Å². The summed E-state index contributed by atoms with van der Waals surface area (Å²) in [6.45, 7) is 8.27. The van der Waals surface area contributed by atoms with Gasteiger partial charge in [0, 0.05) is 23.1 Å². The predicted octanol–water partition coefficient (Wildman–Crippen LogP) is 5.13. The van der Waals surface area contributed by atoms with E-state index < -0.39 is 0 Å². The van der Waals surface area contributed by atoms with Gasteiger partial charge in [0.1, 0.15) is 0 Å². The van der Waals surface area contributed by atoms with Crippen molar-refractivity contribution >= 4 is 17.0 Å². The van der Waals surface area contributed by atoms with Gasteiger partial charge in [0.05, 0.1) is 0 Å². The third-order valence-electron chi connectivity index (χ3n) is 3.63. The molecular formula is C22H29N3. The number of hydrogen-bond acceptors (Lipinski definition) is 2. The highest BCUT2D eigenvalue weighted by molar-refractivity contribution is 5.86. The average Bonchev–Trinajstić information content (AvgIpc) is 2.99. The zero-order chi connectivity index (χ0) is 18.5. The number of fused-ring (bicyclic) bond motifs is 1. The monoisotopic (exact) mass is 335 g/mol. The fourth-order valence-electron chi connectivity index (χ4n) is 2.18. The molecule has 0 bridgehead atoms. The van der Waals surface area contributed by atoms with E-state index in [1.54, 1.807) is 6.20 Å². The molecule has 3 heteroatoms. The van der Waals surface area contributed by atoms with E-state index in [9.17, 15) is 0 Å². The molecule has 0 atom stereocenters. The van der Waals surface area contributed by atoms with Gasteiger partial charge in [-0.2, -0.15) is 0 Å². The second-order valence-corrected chi connectivity index (χ2v) is 5.46. The smallest absolute Gasteiger partial charge is 0.0461 e. The maximum atomic E-state index is 5.35. The first-order valence-corrected chi connectivity index (χ1v) is 8.48. The van der Waals surface area contributed by atoms with Crippen molar-refractivity contribution in [2.45, 2.75) is 26.8 Å². The summed E-state index contributed by atoms with van der Waals surface area (Å²) in [5, 5.41) is 1.26. The molecule has 0 saturated carbocycles. The summed E-state index contributed by atoms with van der Waals surface area (Å²) in [4.78, 5) is 3.30. The lowest BCUT2D eigenvalue weighted by Crippen LogP contribution is -1.94. The zero-order valence-electron chi connectivity index (χ0n) is 15.2. The molecule has 0 radical (unpaired) electrons. The van der Waals surface area contributed by atoms with Crippen LogP contribution in [0.1, 0.15) is 30.2 Å². The number of nitrogens with one attached hydrogen (secondary N) is 1. The topological polar surface area (TPSA) is 67.8 Å². The summed E-state index contributed by atoms with van der Waals surface area (Å²) in [7, 11) is 0. The Kier molecular flexibility index (Phi) is 9.49. The summed E-state index contributed by atoms with van der Waals surface area (Å²) in [6, 6.07) is 18.2. The number of rotatable bonds is 3. The van der Waals surface area contributed by atoms with Gasteiger partial charge in [-0.1, -0.05) is 61.5 Å². The van der Waals surface area contributed by atoms with E-state index in [-0.39, 0.29) is 0 Å². The highest BCUT2D eigenvalue weighted by Crippen LogP contribution is 2.21. The number of H-pyrrole nitrogens is 1. The number of aromatic amines is 1. The number of aromatic nitrogens is 1. The maximum Gasteiger partial charge on any atom is 0.0461 e. The Balaban J connectivity index is 0.000000223. The molecule has 1 aromatic heterocycles. The molecule has 0 amide bonds. The van der Waals surface area contributed by atoms with Crippen LogP contribution < -0.4 is 11.5 Å². The fourth-order valence-corrected chi connectivity index (χ4v) is 2.18. The van der Waals surface area contributed by atoms with Gasteiger partial charge in [0.25, 0.3) is 0 Å². The molecule has 132 valence electrons. The van der Waals surface area contributed by atoms with E-state index in [4.69, 9.17) is 11.5 Å². The molecule has 0 saturated heterocycles. The minimum atomic E-state index is 0.640. The minimum absolute atomic E-state index is 0.640. The molecule has 5 N–H and O–H groups in total. The Hall–Kier alpha value is -2.78. The predicted molar refractivity (Wildman–Crippen MR) is 111 cm³/mol. The van der Waals surface area contributed by atoms with Crippen LogP contribution in [-0.4, -0.2) is 4.98 Å². The Bertz CT molecular complexity index is 770. The molecule has 3 nitrogen and oxygen atoms in total. The Labute approximate surface area is 151 Å². The second kappa shape index (κ2) is 11.7. The average molecular weight is 335 g/mol. The van der Waals surface area contributed by atoms with Crippen LogP contribution in [0.4, 0.5) is 0 Å². The number of allylic oxidation sites excluding steroid dienone is 1. The third-order valence-corrected chi connectivity index (χ3v) is 3.63. The van der Waals surface area contributed by atoms with E-state index >= 15 is 0 Å². The summed E-state index contributed by atoms with van der Waals surface area (Å²) < 4.78 is 0. The first-order chi connectivity index (χ1) is 12.2. The van der Waals surface area contributed by atoms with Gasteiger partial charge in [0.15, 0.2) is 0 Å². The van der Waals surface area contributed by atoms with Gasteiger partial charge in [-0.05, 0) is 42.8 Å². The molecule has 25 heavy (non-hydrogen) atoms. The summed E-state index contributed by atoms with van der Waals surface area (Å²) in [5.41, 5.74) is 15.4. The van der Waals surface area contributed by atoms with Crippen LogP contribution in [0.5, 0.6) is 0 Å². The van der Waals surface area contributed by atoms with E-state index in [1.807, 2.05) is 54.6 Å². The van der Waals surface area contributed by atoms with Gasteiger partial charge in [-0.3, -0.25) is 0 Å². The standard InChI is InChI=1S/C11H12N2.C7H9N.C4H8/c1-8-9-4-2-3-5-11(9)13-10(8)6-7-12;8-6-7-4-2-1-3-5-7;1-3-4-2/h2-7,13H,12H2,1H3;1-5H,6,8H2;3H,1,4H2,2H3/b7-6-;;. The van der Waals surface area contributed by atoms with Crippen molar-refractivity contribution in [2.24, 2.45) is 11.5 Å². The third kappa shape index (κ3) is 6.69. The summed E-state index contributed by atoms with van der Waals surface area (Å²) >= 11 is 0. The Morgan fingerprint density at radius 2 is 1.64 bits per heavy atom. The van der Waals surface area contributed by atoms with Gasteiger partial charge in [0.2, 0.25) is 0 Å². The van der Waals surface area contributed by atoms with Crippen molar-refractivity contribution in [1.82, 2.24) is 4.98 Å². The molecule has 0 spiro atoms. The number of para-hydroxylation sites is 1. The van der Waals surface area contributed by atoms with E-state index in [2.05, 4.69) is 37.5 Å². The SMILES string of the molecule is C=CCC.Cc1c(/C=C\N)[nH]c2ccccc12.NCc1ccccc1. The van der Waals surface area contributed by atoms with Crippen molar-refractivity contribution in [3.63, 3.8) is 0 Å². The van der Waals surface area contributed by atoms with Crippen LogP contribution in [0.15, 0.2) is 73.5 Å². The molecule has 1 heterocycles. The number of nitrogens with two attached hydrogens (primary N) is 2. The Morgan fingerprint density at radius 1 is 1.04 bits per heavy atom.